The molecule has 0 bridgehead atoms. The van der Waals surface area contributed by atoms with Crippen molar-refractivity contribution in [3.8, 4) is 0 Å². The van der Waals surface area contributed by atoms with Crippen LogP contribution in [0.15, 0.2) is 28.7 Å². The largest absolute Gasteiger partial charge is 0.467 e. The van der Waals surface area contributed by atoms with Gasteiger partial charge in [-0.25, -0.2) is 4.79 Å². The molecule has 0 aliphatic carbocycles. The zero-order chi connectivity index (χ0) is 15.0. The van der Waals surface area contributed by atoms with Crippen molar-refractivity contribution in [3.63, 3.8) is 0 Å². The van der Waals surface area contributed by atoms with Gasteiger partial charge in [0.2, 0.25) is 5.91 Å². The van der Waals surface area contributed by atoms with Crippen molar-refractivity contribution < 1.29 is 19.1 Å². The van der Waals surface area contributed by atoms with Gasteiger partial charge in [0.25, 0.3) is 0 Å². The molecule has 0 aliphatic rings. The molecule has 0 saturated heterocycles. The van der Waals surface area contributed by atoms with E-state index in [1.165, 1.54) is 7.11 Å². The molecule has 5 nitrogen and oxygen atoms in total. The van der Waals surface area contributed by atoms with E-state index in [1.807, 2.05) is 12.1 Å². The number of hydrogen-bond acceptors (Lipinski definition) is 4. The fourth-order valence-electron chi connectivity index (χ4n) is 1.66. The Bertz CT molecular complexity index is 447. The van der Waals surface area contributed by atoms with E-state index in [2.05, 4.69) is 21.2 Å². The van der Waals surface area contributed by atoms with E-state index in [0.29, 0.717) is 25.0 Å². The van der Waals surface area contributed by atoms with E-state index in [-0.39, 0.29) is 5.91 Å². The van der Waals surface area contributed by atoms with Gasteiger partial charge in [0.05, 0.1) is 7.11 Å². The number of halogens is 1. The molecule has 0 spiro atoms. The van der Waals surface area contributed by atoms with Gasteiger partial charge < -0.3 is 14.8 Å². The van der Waals surface area contributed by atoms with Crippen LogP contribution < -0.4 is 5.32 Å². The number of amides is 1. The summed E-state index contributed by atoms with van der Waals surface area (Å²) in [7, 11) is 2.88. The predicted octanol–water partition coefficient (Wildman–Crippen LogP) is 2.21. The molecular formula is C14H18BrNO4. The first-order valence-electron chi connectivity index (χ1n) is 6.20. The van der Waals surface area contributed by atoms with Crippen LogP contribution in [0.5, 0.6) is 0 Å². The molecular weight excluding hydrogens is 326 g/mol. The Kier molecular flexibility index (Phi) is 7.25. The molecule has 1 aromatic carbocycles. The van der Waals surface area contributed by atoms with Crippen LogP contribution in [0.2, 0.25) is 0 Å². The highest BCUT2D eigenvalue weighted by Crippen LogP contribution is 2.18. The number of hydrogen-bond donors (Lipinski definition) is 1. The smallest absolute Gasteiger partial charge is 0.333 e. The first-order chi connectivity index (χ1) is 9.58. The van der Waals surface area contributed by atoms with Gasteiger partial charge in [0, 0.05) is 24.6 Å². The Labute approximate surface area is 126 Å². The van der Waals surface area contributed by atoms with E-state index in [9.17, 15) is 9.59 Å². The SMILES string of the molecule is COCCCC(=O)NC(C(=O)OC)c1ccc(Br)cc1. The maximum atomic E-state index is 11.8. The second kappa shape index (κ2) is 8.71. The highest BCUT2D eigenvalue weighted by Gasteiger charge is 2.23. The molecule has 1 N–H and O–H groups in total. The zero-order valence-electron chi connectivity index (χ0n) is 11.5. The van der Waals surface area contributed by atoms with Crippen LogP contribution in [0, 0.1) is 0 Å². The lowest BCUT2D eigenvalue weighted by molar-refractivity contribution is -0.145. The van der Waals surface area contributed by atoms with Gasteiger partial charge in [0.15, 0.2) is 6.04 Å². The summed E-state index contributed by atoms with van der Waals surface area (Å²) in [6.07, 6.45) is 0.911. The van der Waals surface area contributed by atoms with E-state index in [0.717, 1.165) is 4.47 Å². The van der Waals surface area contributed by atoms with E-state index in [1.54, 1.807) is 19.2 Å². The molecule has 0 aromatic heterocycles. The van der Waals surface area contributed by atoms with Crippen LogP contribution in [0.4, 0.5) is 0 Å². The minimum absolute atomic E-state index is 0.208. The topological polar surface area (TPSA) is 64.6 Å². The molecule has 0 heterocycles. The standard InChI is InChI=1S/C14H18BrNO4/c1-19-9-3-4-12(17)16-13(14(18)20-2)10-5-7-11(15)8-6-10/h5-8,13H,3-4,9H2,1-2H3,(H,16,17). The molecule has 6 heteroatoms. The van der Waals surface area contributed by atoms with Gasteiger partial charge in [-0.3, -0.25) is 4.79 Å². The summed E-state index contributed by atoms with van der Waals surface area (Å²) >= 11 is 3.32. The number of carbonyl (C=O) groups is 2. The van der Waals surface area contributed by atoms with Crippen LogP contribution in [-0.4, -0.2) is 32.7 Å². The lowest BCUT2D eigenvalue weighted by Gasteiger charge is -2.17. The quantitative estimate of drug-likeness (QED) is 0.608. The second-order valence-corrected chi connectivity index (χ2v) is 5.09. The average molecular weight is 344 g/mol. The zero-order valence-corrected chi connectivity index (χ0v) is 13.1. The van der Waals surface area contributed by atoms with Crippen molar-refractivity contribution in [2.75, 3.05) is 20.8 Å². The van der Waals surface area contributed by atoms with E-state index in [4.69, 9.17) is 9.47 Å². The molecule has 1 unspecified atom stereocenters. The molecule has 0 radical (unpaired) electrons. The van der Waals surface area contributed by atoms with E-state index < -0.39 is 12.0 Å². The molecule has 1 rings (SSSR count). The third kappa shape index (κ3) is 5.30. The van der Waals surface area contributed by atoms with Crippen molar-refractivity contribution in [3.05, 3.63) is 34.3 Å². The number of methoxy groups -OCH3 is 2. The second-order valence-electron chi connectivity index (χ2n) is 4.17. The molecule has 0 saturated carbocycles. The Balaban J connectivity index is 2.72. The maximum absolute atomic E-state index is 11.8. The van der Waals surface area contributed by atoms with Crippen LogP contribution in [0.3, 0.4) is 0 Å². The van der Waals surface area contributed by atoms with Crippen LogP contribution in [-0.2, 0) is 19.1 Å². The predicted molar refractivity (Wildman–Crippen MR) is 78.2 cm³/mol. The van der Waals surface area contributed by atoms with Crippen molar-refractivity contribution in [1.82, 2.24) is 5.32 Å². The first-order valence-corrected chi connectivity index (χ1v) is 6.99. The lowest BCUT2D eigenvalue weighted by Crippen LogP contribution is -2.34. The van der Waals surface area contributed by atoms with Gasteiger partial charge in [-0.15, -0.1) is 0 Å². The lowest BCUT2D eigenvalue weighted by atomic mass is 10.1. The summed E-state index contributed by atoms with van der Waals surface area (Å²) in [5.41, 5.74) is 0.681. The minimum Gasteiger partial charge on any atom is -0.467 e. The average Bonchev–Trinajstić information content (AvgIpc) is 2.45. The van der Waals surface area contributed by atoms with Crippen LogP contribution in [0.25, 0.3) is 0 Å². The number of ether oxygens (including phenoxy) is 2. The fraction of sp³-hybridized carbons (Fsp3) is 0.429. The monoisotopic (exact) mass is 343 g/mol. The first kappa shape index (κ1) is 16.7. The normalized spacial score (nSPS) is 11.8. The summed E-state index contributed by atoms with van der Waals surface area (Å²) in [6, 6.07) is 6.36. The number of esters is 1. The van der Waals surface area contributed by atoms with Gasteiger partial charge in [-0.05, 0) is 24.1 Å². The maximum Gasteiger partial charge on any atom is 0.333 e. The van der Waals surface area contributed by atoms with Gasteiger partial charge >= 0.3 is 5.97 Å². The highest BCUT2D eigenvalue weighted by molar-refractivity contribution is 9.10. The fourth-order valence-corrected chi connectivity index (χ4v) is 1.93. The molecule has 0 aliphatic heterocycles. The molecule has 1 aromatic rings. The van der Waals surface area contributed by atoms with Crippen molar-refractivity contribution in [2.45, 2.75) is 18.9 Å². The number of nitrogens with one attached hydrogen (secondary N) is 1. The highest BCUT2D eigenvalue weighted by atomic mass is 79.9. The Morgan fingerprint density at radius 1 is 1.25 bits per heavy atom. The van der Waals surface area contributed by atoms with Gasteiger partial charge in [0.1, 0.15) is 0 Å². The van der Waals surface area contributed by atoms with Crippen LogP contribution in [0.1, 0.15) is 24.4 Å². The van der Waals surface area contributed by atoms with Gasteiger partial charge in [-0.1, -0.05) is 28.1 Å². The third-order valence-electron chi connectivity index (χ3n) is 2.70. The summed E-state index contributed by atoms with van der Waals surface area (Å²) < 4.78 is 10.5. The molecule has 0 fully saturated rings. The minimum atomic E-state index is -0.789. The Morgan fingerprint density at radius 2 is 1.90 bits per heavy atom. The van der Waals surface area contributed by atoms with E-state index >= 15 is 0 Å². The number of carbonyl (C=O) groups excluding carboxylic acids is 2. The van der Waals surface area contributed by atoms with Crippen molar-refractivity contribution in [2.24, 2.45) is 0 Å². The van der Waals surface area contributed by atoms with Crippen LogP contribution >= 0.6 is 15.9 Å². The third-order valence-corrected chi connectivity index (χ3v) is 3.23. The van der Waals surface area contributed by atoms with Gasteiger partial charge in [-0.2, -0.15) is 0 Å². The summed E-state index contributed by atoms with van der Waals surface area (Å²) in [6.45, 7) is 0.509. The number of benzene rings is 1. The Hall–Kier alpha value is -1.40. The summed E-state index contributed by atoms with van der Waals surface area (Å²) in [5.74, 6) is -0.701. The molecule has 110 valence electrons. The molecule has 1 atom stereocenters. The van der Waals surface area contributed by atoms with Crippen molar-refractivity contribution >= 4 is 27.8 Å². The Morgan fingerprint density at radius 3 is 2.45 bits per heavy atom. The van der Waals surface area contributed by atoms with Crippen molar-refractivity contribution in [1.29, 1.82) is 0 Å². The summed E-state index contributed by atoms with van der Waals surface area (Å²) in [4.78, 5) is 23.6. The summed E-state index contributed by atoms with van der Waals surface area (Å²) in [5, 5.41) is 2.68. The number of rotatable bonds is 7. The molecule has 20 heavy (non-hydrogen) atoms. The molecule has 1 amide bonds.